The minimum atomic E-state index is -0.900. The Morgan fingerprint density at radius 2 is 1.90 bits per heavy atom. The molecule has 6 heteroatoms. The second-order valence-electron chi connectivity index (χ2n) is 7.15. The first-order chi connectivity index (χ1) is 14.5. The van der Waals surface area contributed by atoms with Crippen LogP contribution in [0.2, 0.25) is 0 Å². The summed E-state index contributed by atoms with van der Waals surface area (Å²) in [6, 6.07) is 13.4. The predicted octanol–water partition coefficient (Wildman–Crippen LogP) is 3.84. The average Bonchev–Trinajstić information content (AvgIpc) is 2.77. The number of nitrogens with one attached hydrogen (secondary N) is 1. The van der Waals surface area contributed by atoms with E-state index in [1.807, 2.05) is 18.2 Å². The fourth-order valence-electron chi connectivity index (χ4n) is 3.66. The Labute approximate surface area is 176 Å². The summed E-state index contributed by atoms with van der Waals surface area (Å²) in [5.74, 6) is 0.170. The van der Waals surface area contributed by atoms with Gasteiger partial charge in [-0.1, -0.05) is 36.4 Å². The molecule has 2 atom stereocenters. The standard InChI is InChI=1S/C24H27NO5/c1-16(24(27)25-20-12-6-9-17-8-4-5-11-19(17)20)30-22(26)15-14-18-10-7-13-21(28-2)23(18)29-3/h4-5,7-8,10-11,13-16,20H,6,9,12H2,1-3H3,(H,25,27)/b15-14+/t16-,20-/m1/s1. The number of amides is 1. The van der Waals surface area contributed by atoms with Gasteiger partial charge in [-0.05, 0) is 49.5 Å². The maximum Gasteiger partial charge on any atom is 0.331 e. The largest absolute Gasteiger partial charge is 0.493 e. The van der Waals surface area contributed by atoms with Crippen molar-refractivity contribution < 1.29 is 23.8 Å². The quantitative estimate of drug-likeness (QED) is 0.556. The van der Waals surface area contributed by atoms with Gasteiger partial charge in [-0.3, -0.25) is 4.79 Å². The molecule has 2 aromatic carbocycles. The van der Waals surface area contributed by atoms with E-state index in [0.717, 1.165) is 24.8 Å². The normalized spacial score (nSPS) is 16.4. The van der Waals surface area contributed by atoms with Crippen molar-refractivity contribution in [2.24, 2.45) is 0 Å². The van der Waals surface area contributed by atoms with Crippen LogP contribution in [0.15, 0.2) is 48.5 Å². The van der Waals surface area contributed by atoms with Crippen LogP contribution in [0.1, 0.15) is 42.5 Å². The lowest BCUT2D eigenvalue weighted by atomic mass is 9.87. The first-order valence-corrected chi connectivity index (χ1v) is 10.0. The van der Waals surface area contributed by atoms with Crippen LogP contribution in [0, 0.1) is 0 Å². The van der Waals surface area contributed by atoms with E-state index in [2.05, 4.69) is 11.4 Å². The second kappa shape index (κ2) is 9.96. The van der Waals surface area contributed by atoms with E-state index in [1.54, 1.807) is 38.3 Å². The van der Waals surface area contributed by atoms with E-state index < -0.39 is 12.1 Å². The van der Waals surface area contributed by atoms with Crippen molar-refractivity contribution in [3.05, 3.63) is 65.2 Å². The van der Waals surface area contributed by atoms with Crippen LogP contribution >= 0.6 is 0 Å². The second-order valence-corrected chi connectivity index (χ2v) is 7.15. The molecule has 0 aromatic heterocycles. The van der Waals surface area contributed by atoms with Crippen molar-refractivity contribution in [2.75, 3.05) is 14.2 Å². The van der Waals surface area contributed by atoms with Crippen molar-refractivity contribution in [1.29, 1.82) is 0 Å². The molecule has 0 spiro atoms. The lowest BCUT2D eigenvalue weighted by Gasteiger charge is -2.27. The highest BCUT2D eigenvalue weighted by Gasteiger charge is 2.25. The first kappa shape index (κ1) is 21.4. The zero-order valence-electron chi connectivity index (χ0n) is 17.5. The number of rotatable bonds is 7. The molecule has 1 aliphatic rings. The minimum absolute atomic E-state index is 0.0554. The highest BCUT2D eigenvalue weighted by atomic mass is 16.5. The summed E-state index contributed by atoms with van der Waals surface area (Å²) >= 11 is 0. The number of esters is 1. The maximum atomic E-state index is 12.6. The van der Waals surface area contributed by atoms with Crippen LogP contribution < -0.4 is 14.8 Å². The SMILES string of the molecule is COc1cccc(/C=C/C(=O)O[C@H](C)C(=O)N[C@@H]2CCCc3ccccc32)c1OC. The molecule has 3 rings (SSSR count). The smallest absolute Gasteiger partial charge is 0.331 e. The number of carbonyl (C=O) groups is 2. The Morgan fingerprint density at radius 3 is 2.67 bits per heavy atom. The van der Waals surface area contributed by atoms with Gasteiger partial charge in [0.1, 0.15) is 0 Å². The van der Waals surface area contributed by atoms with Gasteiger partial charge in [-0.15, -0.1) is 0 Å². The van der Waals surface area contributed by atoms with Crippen molar-refractivity contribution in [1.82, 2.24) is 5.32 Å². The number of benzene rings is 2. The molecule has 1 N–H and O–H groups in total. The van der Waals surface area contributed by atoms with Crippen LogP contribution in [0.5, 0.6) is 11.5 Å². The summed E-state index contributed by atoms with van der Waals surface area (Å²) < 4.78 is 15.9. The summed E-state index contributed by atoms with van der Waals surface area (Å²) in [5.41, 5.74) is 3.07. The molecule has 30 heavy (non-hydrogen) atoms. The molecule has 0 saturated heterocycles. The Balaban J connectivity index is 1.60. The highest BCUT2D eigenvalue weighted by molar-refractivity contribution is 5.91. The minimum Gasteiger partial charge on any atom is -0.493 e. The molecule has 1 aliphatic carbocycles. The molecule has 0 saturated carbocycles. The molecule has 0 unspecified atom stereocenters. The lowest BCUT2D eigenvalue weighted by molar-refractivity contribution is -0.150. The number of carbonyl (C=O) groups excluding carboxylic acids is 2. The van der Waals surface area contributed by atoms with Gasteiger partial charge in [-0.25, -0.2) is 4.79 Å². The van der Waals surface area contributed by atoms with Crippen LogP contribution in [-0.2, 0) is 20.7 Å². The number of hydrogen-bond acceptors (Lipinski definition) is 5. The molecule has 0 heterocycles. The highest BCUT2D eigenvalue weighted by Crippen LogP contribution is 2.31. The van der Waals surface area contributed by atoms with E-state index >= 15 is 0 Å². The summed E-state index contributed by atoms with van der Waals surface area (Å²) in [6.45, 7) is 1.57. The molecule has 1 amide bonds. The van der Waals surface area contributed by atoms with Gasteiger partial charge in [-0.2, -0.15) is 0 Å². The van der Waals surface area contributed by atoms with Crippen LogP contribution in [-0.4, -0.2) is 32.2 Å². The molecule has 0 fully saturated rings. The third-order valence-electron chi connectivity index (χ3n) is 5.18. The molecule has 0 aliphatic heterocycles. The molecular weight excluding hydrogens is 382 g/mol. The fourth-order valence-corrected chi connectivity index (χ4v) is 3.66. The molecule has 0 bridgehead atoms. The summed E-state index contributed by atoms with van der Waals surface area (Å²) in [5, 5.41) is 3.01. The Kier molecular flexibility index (Phi) is 7.12. The van der Waals surface area contributed by atoms with Crippen LogP contribution in [0.3, 0.4) is 0 Å². The number of methoxy groups -OCH3 is 2. The van der Waals surface area contributed by atoms with Gasteiger partial charge < -0.3 is 19.5 Å². The van der Waals surface area contributed by atoms with E-state index in [4.69, 9.17) is 14.2 Å². The number of hydrogen-bond donors (Lipinski definition) is 1. The lowest BCUT2D eigenvalue weighted by Crippen LogP contribution is -2.39. The summed E-state index contributed by atoms with van der Waals surface area (Å²) in [7, 11) is 3.08. The molecule has 6 nitrogen and oxygen atoms in total. The van der Waals surface area contributed by atoms with Crippen LogP contribution in [0.4, 0.5) is 0 Å². The number of aryl methyl sites for hydroxylation is 1. The maximum absolute atomic E-state index is 12.6. The Bertz CT molecular complexity index is 937. The van der Waals surface area contributed by atoms with Crippen LogP contribution in [0.25, 0.3) is 6.08 Å². The zero-order chi connectivity index (χ0) is 21.5. The van der Waals surface area contributed by atoms with E-state index in [1.165, 1.54) is 18.7 Å². The fraction of sp³-hybridized carbons (Fsp3) is 0.333. The van der Waals surface area contributed by atoms with Gasteiger partial charge in [0.05, 0.1) is 20.3 Å². The number of fused-ring (bicyclic) bond motifs is 1. The van der Waals surface area contributed by atoms with E-state index in [9.17, 15) is 9.59 Å². The number of ether oxygens (including phenoxy) is 3. The van der Waals surface area contributed by atoms with Gasteiger partial charge in [0, 0.05) is 11.6 Å². The average molecular weight is 409 g/mol. The monoisotopic (exact) mass is 409 g/mol. The Hall–Kier alpha value is -3.28. The summed E-state index contributed by atoms with van der Waals surface area (Å²) in [6.07, 6.45) is 4.86. The Morgan fingerprint density at radius 1 is 1.10 bits per heavy atom. The van der Waals surface area contributed by atoms with E-state index in [-0.39, 0.29) is 11.9 Å². The topological polar surface area (TPSA) is 73.9 Å². The van der Waals surface area contributed by atoms with Crippen molar-refractivity contribution in [3.8, 4) is 11.5 Å². The first-order valence-electron chi connectivity index (χ1n) is 10.0. The zero-order valence-corrected chi connectivity index (χ0v) is 17.5. The third-order valence-corrected chi connectivity index (χ3v) is 5.18. The van der Waals surface area contributed by atoms with E-state index in [0.29, 0.717) is 17.1 Å². The van der Waals surface area contributed by atoms with Gasteiger partial charge in [0.2, 0.25) is 0 Å². The molecule has 158 valence electrons. The molecule has 2 aromatic rings. The van der Waals surface area contributed by atoms with Crippen molar-refractivity contribution >= 4 is 18.0 Å². The molecular formula is C24H27NO5. The molecule has 0 radical (unpaired) electrons. The summed E-state index contributed by atoms with van der Waals surface area (Å²) in [4.78, 5) is 24.8. The predicted molar refractivity (Wildman–Crippen MR) is 114 cm³/mol. The van der Waals surface area contributed by atoms with Gasteiger partial charge in [0.25, 0.3) is 5.91 Å². The third kappa shape index (κ3) is 5.00. The van der Waals surface area contributed by atoms with Crippen molar-refractivity contribution in [3.63, 3.8) is 0 Å². The van der Waals surface area contributed by atoms with Gasteiger partial charge >= 0.3 is 5.97 Å². The van der Waals surface area contributed by atoms with Gasteiger partial charge in [0.15, 0.2) is 17.6 Å². The number of para-hydroxylation sites is 1. The van der Waals surface area contributed by atoms with Crippen molar-refractivity contribution in [2.45, 2.75) is 38.3 Å².